The molecule has 0 bridgehead atoms. The molecule has 0 unspecified atom stereocenters. The molecule has 12 nitrogen and oxygen atoms in total. The Kier molecular flexibility index (Phi) is 6.40. The molecule has 1 fully saturated rings. The van der Waals surface area contributed by atoms with Crippen molar-refractivity contribution in [2.75, 3.05) is 18.0 Å². The molecular formula is C22H18FN5O7. The molecule has 2 heterocycles. The Labute approximate surface area is 196 Å². The summed E-state index contributed by atoms with van der Waals surface area (Å²) in [6.07, 6.45) is 0.00577. The average Bonchev–Trinajstić information content (AvgIpc) is 3.45. The van der Waals surface area contributed by atoms with E-state index in [0.29, 0.717) is 0 Å². The number of benzene rings is 2. The molecule has 2 N–H and O–H groups in total. The van der Waals surface area contributed by atoms with E-state index in [1.54, 1.807) is 0 Å². The molecule has 2 aromatic carbocycles. The topological polar surface area (TPSA) is 157 Å². The van der Waals surface area contributed by atoms with E-state index in [1.807, 2.05) is 0 Å². The number of nitro groups is 1. The lowest BCUT2D eigenvalue weighted by Crippen LogP contribution is -2.33. The number of hydrogen-bond acceptors (Lipinski definition) is 8. The third-order valence-corrected chi connectivity index (χ3v) is 5.02. The summed E-state index contributed by atoms with van der Waals surface area (Å²) in [6, 6.07) is 8.94. The summed E-state index contributed by atoms with van der Waals surface area (Å²) < 4.78 is 25.2. The summed E-state index contributed by atoms with van der Waals surface area (Å²) in [4.78, 5) is 53.6. The number of nitrogens with one attached hydrogen (secondary N) is 2. The number of esters is 1. The SMILES string of the molecule is CC(=O)NC[C@H]1CN(c2ccc(-c3nc(C(=O)Oc4ccc([N+](=O)[O-])cc4)c[nH]3)c(F)c2)C(=O)O1. The van der Waals surface area contributed by atoms with E-state index in [2.05, 4.69) is 15.3 Å². The summed E-state index contributed by atoms with van der Waals surface area (Å²) in [7, 11) is 0. The first-order valence-electron chi connectivity index (χ1n) is 10.3. The minimum atomic E-state index is -0.844. The number of ether oxygens (including phenoxy) is 2. The summed E-state index contributed by atoms with van der Waals surface area (Å²) in [5.41, 5.74) is 0.0124. The van der Waals surface area contributed by atoms with Crippen LogP contribution in [0.25, 0.3) is 11.4 Å². The Bertz CT molecular complexity index is 1310. The maximum Gasteiger partial charge on any atom is 0.414 e. The van der Waals surface area contributed by atoms with Gasteiger partial charge in [0.05, 0.1) is 29.3 Å². The fourth-order valence-corrected chi connectivity index (χ4v) is 3.32. The first-order chi connectivity index (χ1) is 16.7. The van der Waals surface area contributed by atoms with Gasteiger partial charge in [0.25, 0.3) is 5.69 Å². The number of aromatic amines is 1. The zero-order valence-electron chi connectivity index (χ0n) is 18.2. The zero-order valence-corrected chi connectivity index (χ0v) is 18.2. The molecule has 4 rings (SSSR count). The number of nitrogens with zero attached hydrogens (tertiary/aromatic N) is 3. The highest BCUT2D eigenvalue weighted by Crippen LogP contribution is 2.28. The Morgan fingerprint density at radius 1 is 1.31 bits per heavy atom. The second kappa shape index (κ2) is 9.59. The normalized spacial score (nSPS) is 15.0. The highest BCUT2D eigenvalue weighted by atomic mass is 19.1. The van der Waals surface area contributed by atoms with Gasteiger partial charge in [-0.15, -0.1) is 0 Å². The van der Waals surface area contributed by atoms with Gasteiger partial charge in [0.2, 0.25) is 5.91 Å². The van der Waals surface area contributed by atoms with E-state index in [1.165, 1.54) is 54.4 Å². The van der Waals surface area contributed by atoms with Gasteiger partial charge in [-0.1, -0.05) is 0 Å². The fraction of sp³-hybridized carbons (Fsp3) is 0.182. The lowest BCUT2D eigenvalue weighted by Gasteiger charge is -2.14. The zero-order chi connectivity index (χ0) is 25.1. The first kappa shape index (κ1) is 23.4. The highest BCUT2D eigenvalue weighted by Gasteiger charge is 2.33. The van der Waals surface area contributed by atoms with Crippen molar-refractivity contribution in [2.45, 2.75) is 13.0 Å². The Morgan fingerprint density at radius 3 is 2.71 bits per heavy atom. The average molecular weight is 483 g/mol. The molecule has 0 spiro atoms. The molecule has 1 aliphatic heterocycles. The molecule has 1 aliphatic rings. The van der Waals surface area contributed by atoms with Gasteiger partial charge in [-0.25, -0.2) is 19.0 Å². The molecule has 1 saturated heterocycles. The summed E-state index contributed by atoms with van der Waals surface area (Å²) >= 11 is 0. The van der Waals surface area contributed by atoms with Crippen LogP contribution in [0.2, 0.25) is 0 Å². The van der Waals surface area contributed by atoms with Gasteiger partial charge in [-0.05, 0) is 30.3 Å². The number of rotatable bonds is 7. The molecule has 1 atom stereocenters. The van der Waals surface area contributed by atoms with Crippen molar-refractivity contribution >= 4 is 29.3 Å². The highest BCUT2D eigenvalue weighted by molar-refractivity contribution is 5.91. The summed E-state index contributed by atoms with van der Waals surface area (Å²) in [5.74, 6) is -1.68. The first-order valence-corrected chi connectivity index (χ1v) is 10.3. The molecule has 0 saturated carbocycles. The molecule has 0 radical (unpaired) electrons. The standard InChI is InChI=1S/C22H18FN5O7/c1-12(29)24-9-16-11-27(22(31)35-16)14-4-7-17(18(23)8-14)20-25-10-19(26-20)21(30)34-15-5-2-13(3-6-15)28(32)33/h2-8,10,16H,9,11H2,1H3,(H,24,29)(H,25,26)/t16-/m0/s1. The molecule has 35 heavy (non-hydrogen) atoms. The van der Waals surface area contributed by atoms with Crippen LogP contribution in [0.5, 0.6) is 5.75 Å². The number of anilines is 1. The van der Waals surface area contributed by atoms with Gasteiger partial charge in [0, 0.05) is 25.3 Å². The van der Waals surface area contributed by atoms with Gasteiger partial charge in [-0.3, -0.25) is 19.8 Å². The Hall–Kier alpha value is -4.81. The van der Waals surface area contributed by atoms with Crippen molar-refractivity contribution in [3.05, 3.63) is 70.3 Å². The van der Waals surface area contributed by atoms with Crippen LogP contribution in [0, 0.1) is 15.9 Å². The molecule has 13 heteroatoms. The van der Waals surface area contributed by atoms with Gasteiger partial charge < -0.3 is 19.8 Å². The molecular weight excluding hydrogens is 465 g/mol. The summed E-state index contributed by atoms with van der Waals surface area (Å²) in [6.45, 7) is 1.62. The number of aromatic nitrogens is 2. The second-order valence-corrected chi connectivity index (χ2v) is 7.49. The molecule has 0 aliphatic carbocycles. The number of cyclic esters (lactones) is 1. The summed E-state index contributed by atoms with van der Waals surface area (Å²) in [5, 5.41) is 13.3. The minimum absolute atomic E-state index is 0.0468. The van der Waals surface area contributed by atoms with Crippen LogP contribution >= 0.6 is 0 Å². The Morgan fingerprint density at radius 2 is 2.06 bits per heavy atom. The maximum atomic E-state index is 14.9. The van der Waals surface area contributed by atoms with Crippen molar-refractivity contribution in [1.82, 2.24) is 15.3 Å². The van der Waals surface area contributed by atoms with E-state index < -0.39 is 28.9 Å². The number of halogens is 1. The van der Waals surface area contributed by atoms with Crippen LogP contribution in [0.15, 0.2) is 48.7 Å². The number of hydrogen-bond donors (Lipinski definition) is 2. The molecule has 2 amide bonds. The lowest BCUT2D eigenvalue weighted by atomic mass is 10.1. The van der Waals surface area contributed by atoms with Crippen LogP contribution in [-0.2, 0) is 9.53 Å². The van der Waals surface area contributed by atoms with Crippen molar-refractivity contribution in [1.29, 1.82) is 0 Å². The van der Waals surface area contributed by atoms with E-state index >= 15 is 0 Å². The quantitative estimate of drug-likeness (QED) is 0.225. The van der Waals surface area contributed by atoms with E-state index in [4.69, 9.17) is 9.47 Å². The number of imidazole rings is 1. The number of non-ortho nitro benzene ring substituents is 1. The van der Waals surface area contributed by atoms with Crippen molar-refractivity contribution < 1.29 is 33.2 Å². The predicted octanol–water partition coefficient (Wildman–Crippen LogP) is 2.80. The van der Waals surface area contributed by atoms with Gasteiger partial charge in [-0.2, -0.15) is 0 Å². The number of carbonyl (C=O) groups excluding carboxylic acids is 3. The van der Waals surface area contributed by atoms with Crippen molar-refractivity contribution in [3.63, 3.8) is 0 Å². The number of nitro benzene ring substituents is 1. The monoisotopic (exact) mass is 483 g/mol. The molecule has 1 aromatic heterocycles. The Balaban J connectivity index is 1.44. The van der Waals surface area contributed by atoms with Gasteiger partial charge in [0.1, 0.15) is 23.5 Å². The van der Waals surface area contributed by atoms with Gasteiger partial charge in [0.15, 0.2) is 5.69 Å². The maximum absolute atomic E-state index is 14.9. The van der Waals surface area contributed by atoms with Crippen LogP contribution in [0.3, 0.4) is 0 Å². The smallest absolute Gasteiger partial charge is 0.414 e. The third-order valence-electron chi connectivity index (χ3n) is 5.02. The van der Waals surface area contributed by atoms with Crippen molar-refractivity contribution in [3.8, 4) is 17.1 Å². The van der Waals surface area contributed by atoms with Crippen molar-refractivity contribution in [2.24, 2.45) is 0 Å². The molecule has 180 valence electrons. The van der Waals surface area contributed by atoms with Crippen LogP contribution in [-0.4, -0.2) is 52.1 Å². The largest absolute Gasteiger partial charge is 0.442 e. The lowest BCUT2D eigenvalue weighted by molar-refractivity contribution is -0.384. The second-order valence-electron chi connectivity index (χ2n) is 7.49. The van der Waals surface area contributed by atoms with E-state index in [9.17, 15) is 28.9 Å². The van der Waals surface area contributed by atoms with E-state index in [-0.39, 0.29) is 53.2 Å². The van der Waals surface area contributed by atoms with Crippen LogP contribution in [0.1, 0.15) is 17.4 Å². The van der Waals surface area contributed by atoms with Gasteiger partial charge >= 0.3 is 12.1 Å². The predicted molar refractivity (Wildman–Crippen MR) is 118 cm³/mol. The minimum Gasteiger partial charge on any atom is -0.442 e. The fourth-order valence-electron chi connectivity index (χ4n) is 3.32. The van der Waals surface area contributed by atoms with Crippen LogP contribution < -0.4 is 15.0 Å². The number of H-pyrrole nitrogens is 1. The number of carbonyl (C=O) groups is 3. The van der Waals surface area contributed by atoms with Crippen LogP contribution in [0.4, 0.5) is 20.6 Å². The van der Waals surface area contributed by atoms with E-state index in [0.717, 1.165) is 6.07 Å². The third kappa shape index (κ3) is 5.24. The molecule has 3 aromatic rings. The number of amides is 2.